The standard InChI is InChI=1S/C25H31FN4O2/c1-25(2,3)32-24(31)29-14-12-20(13-15-29)28(4)23-27-21-10-5-6-11-22(21)30(23)17-18-8-7-9-19(26)16-18/h5-11,16,20H,12-15,17H2,1-4H3. The molecule has 0 atom stereocenters. The van der Waals surface area contributed by atoms with Gasteiger partial charge in [0.05, 0.1) is 17.6 Å². The van der Waals surface area contributed by atoms with Crippen LogP contribution in [-0.4, -0.2) is 52.3 Å². The lowest BCUT2D eigenvalue weighted by Gasteiger charge is -2.37. The van der Waals surface area contributed by atoms with Gasteiger partial charge in [-0.25, -0.2) is 14.2 Å². The van der Waals surface area contributed by atoms with Crippen molar-refractivity contribution in [3.05, 3.63) is 59.9 Å². The summed E-state index contributed by atoms with van der Waals surface area (Å²) in [6.07, 6.45) is 1.41. The molecular weight excluding hydrogens is 407 g/mol. The van der Waals surface area contributed by atoms with E-state index in [9.17, 15) is 9.18 Å². The Labute approximate surface area is 188 Å². The number of rotatable bonds is 4. The number of carbonyl (C=O) groups excluding carboxylic acids is 1. The van der Waals surface area contributed by atoms with Crippen LogP contribution in [0.1, 0.15) is 39.2 Å². The van der Waals surface area contributed by atoms with E-state index in [0.717, 1.165) is 35.4 Å². The predicted molar refractivity (Wildman–Crippen MR) is 124 cm³/mol. The lowest BCUT2D eigenvalue weighted by Crippen LogP contribution is -2.47. The number of ether oxygens (including phenoxy) is 1. The average molecular weight is 439 g/mol. The quantitative estimate of drug-likeness (QED) is 0.571. The normalized spacial score (nSPS) is 15.2. The third-order valence-corrected chi connectivity index (χ3v) is 5.84. The van der Waals surface area contributed by atoms with Gasteiger partial charge in [0.1, 0.15) is 11.4 Å². The smallest absolute Gasteiger partial charge is 0.410 e. The molecule has 0 aliphatic carbocycles. The molecule has 2 aromatic carbocycles. The number of anilines is 1. The Bertz CT molecular complexity index is 1100. The number of hydrogen-bond donors (Lipinski definition) is 0. The Hall–Kier alpha value is -3.09. The van der Waals surface area contributed by atoms with Gasteiger partial charge in [-0.15, -0.1) is 0 Å². The summed E-state index contributed by atoms with van der Waals surface area (Å²) in [7, 11) is 2.05. The van der Waals surface area contributed by atoms with Crippen LogP contribution in [-0.2, 0) is 11.3 Å². The van der Waals surface area contributed by atoms with E-state index < -0.39 is 5.60 Å². The van der Waals surface area contributed by atoms with Crippen molar-refractivity contribution in [2.45, 2.75) is 51.8 Å². The molecule has 0 radical (unpaired) electrons. The third kappa shape index (κ3) is 4.87. The van der Waals surface area contributed by atoms with Gasteiger partial charge in [-0.2, -0.15) is 0 Å². The van der Waals surface area contributed by atoms with Crippen LogP contribution in [0.15, 0.2) is 48.5 Å². The molecule has 170 valence electrons. The largest absolute Gasteiger partial charge is 0.444 e. The molecule has 6 nitrogen and oxygen atoms in total. The second-order valence-electron chi connectivity index (χ2n) is 9.43. The maximum Gasteiger partial charge on any atom is 0.410 e. The van der Waals surface area contributed by atoms with Gasteiger partial charge in [0, 0.05) is 26.2 Å². The molecule has 0 N–H and O–H groups in total. The van der Waals surface area contributed by atoms with Gasteiger partial charge in [-0.05, 0) is 63.4 Å². The molecule has 0 saturated carbocycles. The Kier molecular flexibility index (Phi) is 6.09. The summed E-state index contributed by atoms with van der Waals surface area (Å²) in [4.78, 5) is 21.3. The van der Waals surface area contributed by atoms with E-state index in [4.69, 9.17) is 9.72 Å². The van der Waals surface area contributed by atoms with Gasteiger partial charge in [0.25, 0.3) is 0 Å². The van der Waals surface area contributed by atoms with Crippen LogP contribution in [0.25, 0.3) is 11.0 Å². The fourth-order valence-corrected chi connectivity index (χ4v) is 4.23. The molecule has 1 aliphatic rings. The van der Waals surface area contributed by atoms with Gasteiger partial charge in [0.2, 0.25) is 5.95 Å². The van der Waals surface area contributed by atoms with Crippen molar-refractivity contribution in [1.82, 2.24) is 14.5 Å². The fraction of sp³-hybridized carbons (Fsp3) is 0.440. The molecule has 1 aliphatic heterocycles. The van der Waals surface area contributed by atoms with Crippen molar-refractivity contribution in [1.29, 1.82) is 0 Å². The SMILES string of the molecule is CN(c1nc2ccccc2n1Cc1cccc(F)c1)C1CCN(C(=O)OC(C)(C)C)CC1. The zero-order valence-corrected chi connectivity index (χ0v) is 19.2. The molecule has 3 aromatic rings. The number of imidazole rings is 1. The summed E-state index contributed by atoms with van der Waals surface area (Å²) < 4.78 is 21.4. The first-order valence-electron chi connectivity index (χ1n) is 11.1. The molecule has 1 fully saturated rings. The number of carbonyl (C=O) groups is 1. The van der Waals surface area contributed by atoms with E-state index in [1.807, 2.05) is 51.1 Å². The van der Waals surface area contributed by atoms with E-state index in [1.165, 1.54) is 6.07 Å². The zero-order chi connectivity index (χ0) is 22.9. The molecular formula is C25H31FN4O2. The molecule has 0 bridgehead atoms. The Morgan fingerprint density at radius 1 is 1.16 bits per heavy atom. The van der Waals surface area contributed by atoms with Crippen LogP contribution in [0.3, 0.4) is 0 Å². The Morgan fingerprint density at radius 2 is 1.88 bits per heavy atom. The number of fused-ring (bicyclic) bond motifs is 1. The molecule has 1 aromatic heterocycles. The highest BCUT2D eigenvalue weighted by molar-refractivity contribution is 5.79. The van der Waals surface area contributed by atoms with E-state index in [2.05, 4.69) is 16.5 Å². The minimum atomic E-state index is -0.494. The van der Waals surface area contributed by atoms with Crippen LogP contribution in [0.2, 0.25) is 0 Å². The number of para-hydroxylation sites is 2. The second kappa shape index (κ2) is 8.81. The molecule has 1 amide bonds. The van der Waals surface area contributed by atoms with Crippen molar-refractivity contribution >= 4 is 23.1 Å². The lowest BCUT2D eigenvalue weighted by molar-refractivity contribution is 0.0205. The van der Waals surface area contributed by atoms with Gasteiger partial charge >= 0.3 is 6.09 Å². The van der Waals surface area contributed by atoms with Crippen molar-refractivity contribution in [3.63, 3.8) is 0 Å². The van der Waals surface area contributed by atoms with E-state index in [0.29, 0.717) is 19.6 Å². The monoisotopic (exact) mass is 438 g/mol. The zero-order valence-electron chi connectivity index (χ0n) is 19.2. The molecule has 1 saturated heterocycles. The summed E-state index contributed by atoms with van der Waals surface area (Å²) in [5, 5.41) is 0. The summed E-state index contributed by atoms with van der Waals surface area (Å²) in [6, 6.07) is 15.0. The van der Waals surface area contributed by atoms with Crippen molar-refractivity contribution < 1.29 is 13.9 Å². The summed E-state index contributed by atoms with van der Waals surface area (Å²) in [5.41, 5.74) is 2.33. The van der Waals surface area contributed by atoms with Crippen LogP contribution in [0.4, 0.5) is 15.1 Å². The molecule has 32 heavy (non-hydrogen) atoms. The topological polar surface area (TPSA) is 50.6 Å². The number of hydrogen-bond acceptors (Lipinski definition) is 4. The van der Waals surface area contributed by atoms with Gasteiger partial charge in [-0.3, -0.25) is 0 Å². The number of halogens is 1. The number of aromatic nitrogens is 2. The maximum absolute atomic E-state index is 13.8. The van der Waals surface area contributed by atoms with E-state index >= 15 is 0 Å². The first-order chi connectivity index (χ1) is 15.2. The maximum atomic E-state index is 13.8. The van der Waals surface area contributed by atoms with Gasteiger partial charge < -0.3 is 19.1 Å². The highest BCUT2D eigenvalue weighted by atomic mass is 19.1. The minimum absolute atomic E-state index is 0.239. The second-order valence-corrected chi connectivity index (χ2v) is 9.43. The molecule has 7 heteroatoms. The summed E-state index contributed by atoms with van der Waals surface area (Å²) in [6.45, 7) is 7.48. The Balaban J connectivity index is 1.54. The van der Waals surface area contributed by atoms with Crippen molar-refractivity contribution in [2.75, 3.05) is 25.0 Å². The van der Waals surface area contributed by atoms with Crippen LogP contribution < -0.4 is 4.90 Å². The van der Waals surface area contributed by atoms with Gasteiger partial charge in [-0.1, -0.05) is 24.3 Å². The van der Waals surface area contributed by atoms with Crippen LogP contribution >= 0.6 is 0 Å². The molecule has 4 rings (SSSR count). The third-order valence-electron chi connectivity index (χ3n) is 5.84. The number of nitrogens with zero attached hydrogens (tertiary/aromatic N) is 4. The lowest BCUT2D eigenvalue weighted by atomic mass is 10.0. The van der Waals surface area contributed by atoms with Crippen LogP contribution in [0, 0.1) is 5.82 Å². The molecule has 0 spiro atoms. The minimum Gasteiger partial charge on any atom is -0.444 e. The van der Waals surface area contributed by atoms with Gasteiger partial charge in [0.15, 0.2) is 0 Å². The first-order valence-corrected chi connectivity index (χ1v) is 11.1. The number of benzene rings is 2. The Morgan fingerprint density at radius 3 is 2.56 bits per heavy atom. The van der Waals surface area contributed by atoms with E-state index in [1.54, 1.807) is 17.0 Å². The van der Waals surface area contributed by atoms with Crippen molar-refractivity contribution in [2.24, 2.45) is 0 Å². The fourth-order valence-electron chi connectivity index (χ4n) is 4.23. The highest BCUT2D eigenvalue weighted by Gasteiger charge is 2.30. The number of likely N-dealkylation sites (tertiary alicyclic amines) is 1. The predicted octanol–water partition coefficient (Wildman–Crippen LogP) is 5.06. The van der Waals surface area contributed by atoms with Crippen LogP contribution in [0.5, 0.6) is 0 Å². The highest BCUT2D eigenvalue weighted by Crippen LogP contribution is 2.28. The molecule has 0 unspecified atom stereocenters. The number of amides is 1. The summed E-state index contributed by atoms with van der Waals surface area (Å²) >= 11 is 0. The molecule has 2 heterocycles. The summed E-state index contributed by atoms with van der Waals surface area (Å²) in [5.74, 6) is 0.613. The van der Waals surface area contributed by atoms with Crippen molar-refractivity contribution in [3.8, 4) is 0 Å². The first kappa shape index (κ1) is 22.1. The average Bonchev–Trinajstić information content (AvgIpc) is 3.10. The number of piperidine rings is 1. The van der Waals surface area contributed by atoms with E-state index in [-0.39, 0.29) is 18.0 Å².